The average molecular weight is 244 g/mol. The van der Waals surface area contributed by atoms with Gasteiger partial charge in [-0.05, 0) is 43.7 Å². The van der Waals surface area contributed by atoms with Crippen molar-refractivity contribution in [1.82, 2.24) is 5.01 Å². The van der Waals surface area contributed by atoms with Crippen LogP contribution in [0.4, 0.5) is 5.69 Å². The molecule has 1 aromatic rings. The summed E-state index contributed by atoms with van der Waals surface area (Å²) in [5, 5.41) is 5.23. The molecule has 2 aliphatic heterocycles. The highest BCUT2D eigenvalue weighted by molar-refractivity contribution is 5.55. The fourth-order valence-corrected chi connectivity index (χ4v) is 3.44. The molecule has 3 rings (SSSR count). The van der Waals surface area contributed by atoms with E-state index in [0.29, 0.717) is 6.04 Å². The maximum Gasteiger partial charge on any atom is 0.0557 e. The Morgan fingerprint density at radius 1 is 1.11 bits per heavy atom. The summed E-state index contributed by atoms with van der Waals surface area (Å²) in [6.45, 7) is 4.81. The molecule has 18 heavy (non-hydrogen) atoms. The summed E-state index contributed by atoms with van der Waals surface area (Å²) in [6.07, 6.45) is 7.93. The number of nitrogens with zero attached hydrogens (tertiary/aromatic N) is 2. The summed E-state index contributed by atoms with van der Waals surface area (Å²) < 4.78 is 0. The highest BCUT2D eigenvalue weighted by Crippen LogP contribution is 2.34. The SMILES string of the molecule is CCC1CCc2ccccc2N1N1CCCCC1. The van der Waals surface area contributed by atoms with E-state index < -0.39 is 0 Å². The van der Waals surface area contributed by atoms with Crippen molar-refractivity contribution in [2.75, 3.05) is 18.1 Å². The maximum absolute atomic E-state index is 2.62. The monoisotopic (exact) mass is 244 g/mol. The molecule has 1 unspecified atom stereocenters. The zero-order chi connectivity index (χ0) is 12.4. The molecule has 0 amide bonds. The van der Waals surface area contributed by atoms with Crippen LogP contribution in [0.1, 0.15) is 44.6 Å². The van der Waals surface area contributed by atoms with Crippen LogP contribution in [-0.4, -0.2) is 24.1 Å². The van der Waals surface area contributed by atoms with Gasteiger partial charge in [-0.15, -0.1) is 0 Å². The number of fused-ring (bicyclic) bond motifs is 1. The van der Waals surface area contributed by atoms with Gasteiger partial charge < -0.3 is 5.01 Å². The van der Waals surface area contributed by atoms with Gasteiger partial charge in [0.15, 0.2) is 0 Å². The fourth-order valence-electron chi connectivity index (χ4n) is 3.44. The summed E-state index contributed by atoms with van der Waals surface area (Å²) in [7, 11) is 0. The first kappa shape index (κ1) is 12.0. The molecule has 0 bridgehead atoms. The summed E-state index contributed by atoms with van der Waals surface area (Å²) in [4.78, 5) is 0. The molecule has 0 aromatic heterocycles. The van der Waals surface area contributed by atoms with Crippen LogP contribution in [0.5, 0.6) is 0 Å². The number of hydrogen-bond donors (Lipinski definition) is 0. The lowest BCUT2D eigenvalue weighted by Gasteiger charge is -2.47. The number of anilines is 1. The second-order valence-electron chi connectivity index (χ2n) is 5.59. The van der Waals surface area contributed by atoms with Crippen molar-refractivity contribution in [3.63, 3.8) is 0 Å². The number of piperidine rings is 1. The number of hydrogen-bond acceptors (Lipinski definition) is 2. The van der Waals surface area contributed by atoms with Gasteiger partial charge in [0, 0.05) is 19.1 Å². The van der Waals surface area contributed by atoms with Crippen molar-refractivity contribution in [2.24, 2.45) is 0 Å². The Morgan fingerprint density at radius 2 is 1.89 bits per heavy atom. The van der Waals surface area contributed by atoms with Crippen LogP contribution >= 0.6 is 0 Å². The number of rotatable bonds is 2. The molecule has 2 heteroatoms. The van der Waals surface area contributed by atoms with Gasteiger partial charge in [0.05, 0.1) is 5.69 Å². The Kier molecular flexibility index (Phi) is 3.55. The van der Waals surface area contributed by atoms with E-state index >= 15 is 0 Å². The highest BCUT2D eigenvalue weighted by Gasteiger charge is 2.29. The second-order valence-corrected chi connectivity index (χ2v) is 5.59. The van der Waals surface area contributed by atoms with Crippen LogP contribution < -0.4 is 5.01 Å². The number of benzene rings is 1. The zero-order valence-corrected chi connectivity index (χ0v) is 11.4. The molecule has 0 spiro atoms. The smallest absolute Gasteiger partial charge is 0.0557 e. The lowest BCUT2D eigenvalue weighted by Crippen LogP contribution is -2.53. The fraction of sp³-hybridized carbons (Fsp3) is 0.625. The third kappa shape index (κ3) is 2.14. The summed E-state index contributed by atoms with van der Waals surface area (Å²) >= 11 is 0. The molecule has 1 saturated heterocycles. The van der Waals surface area contributed by atoms with Crippen molar-refractivity contribution in [2.45, 2.75) is 51.5 Å². The standard InChI is InChI=1S/C16H24N2/c1-2-15-11-10-14-8-4-5-9-16(14)18(15)17-12-6-3-7-13-17/h4-5,8-9,15H,2-3,6-7,10-13H2,1H3. The van der Waals surface area contributed by atoms with Crippen LogP contribution in [-0.2, 0) is 6.42 Å². The van der Waals surface area contributed by atoms with E-state index in [2.05, 4.69) is 41.2 Å². The average Bonchev–Trinajstić information content (AvgIpc) is 2.47. The van der Waals surface area contributed by atoms with Crippen molar-refractivity contribution >= 4 is 5.69 Å². The molecule has 0 saturated carbocycles. The topological polar surface area (TPSA) is 6.48 Å². The van der Waals surface area contributed by atoms with Crippen molar-refractivity contribution in [1.29, 1.82) is 0 Å². The zero-order valence-electron chi connectivity index (χ0n) is 11.4. The molecule has 1 aromatic carbocycles. The number of aryl methyl sites for hydroxylation is 1. The van der Waals surface area contributed by atoms with Gasteiger partial charge in [-0.2, -0.15) is 0 Å². The molecule has 0 aliphatic carbocycles. The minimum atomic E-state index is 0.706. The second kappa shape index (κ2) is 5.31. The van der Waals surface area contributed by atoms with Crippen LogP contribution in [0.3, 0.4) is 0 Å². The van der Waals surface area contributed by atoms with E-state index in [4.69, 9.17) is 0 Å². The Bertz CT molecular complexity index is 396. The number of para-hydroxylation sites is 1. The van der Waals surface area contributed by atoms with Crippen LogP contribution in [0, 0.1) is 0 Å². The molecule has 1 atom stereocenters. The molecular formula is C16H24N2. The van der Waals surface area contributed by atoms with E-state index in [0.717, 1.165) is 0 Å². The van der Waals surface area contributed by atoms with Gasteiger partial charge in [-0.3, -0.25) is 0 Å². The Morgan fingerprint density at radius 3 is 2.67 bits per heavy atom. The van der Waals surface area contributed by atoms with Crippen LogP contribution in [0.15, 0.2) is 24.3 Å². The maximum atomic E-state index is 2.62. The largest absolute Gasteiger partial charge is 0.302 e. The van der Waals surface area contributed by atoms with E-state index in [1.165, 1.54) is 62.9 Å². The van der Waals surface area contributed by atoms with E-state index in [-0.39, 0.29) is 0 Å². The Hall–Kier alpha value is -1.02. The predicted molar refractivity (Wildman–Crippen MR) is 76.7 cm³/mol. The Labute approximate surface area is 111 Å². The van der Waals surface area contributed by atoms with Crippen LogP contribution in [0.2, 0.25) is 0 Å². The number of hydrazine groups is 1. The van der Waals surface area contributed by atoms with Gasteiger partial charge in [0.1, 0.15) is 0 Å². The lowest BCUT2D eigenvalue weighted by atomic mass is 9.95. The summed E-state index contributed by atoms with van der Waals surface area (Å²) in [6, 6.07) is 9.69. The van der Waals surface area contributed by atoms with Gasteiger partial charge in [-0.25, -0.2) is 5.01 Å². The van der Waals surface area contributed by atoms with Gasteiger partial charge >= 0.3 is 0 Å². The first-order valence-corrected chi connectivity index (χ1v) is 7.52. The third-order valence-electron chi connectivity index (χ3n) is 4.44. The first-order valence-electron chi connectivity index (χ1n) is 7.52. The summed E-state index contributed by atoms with van der Waals surface area (Å²) in [5.74, 6) is 0. The van der Waals surface area contributed by atoms with Gasteiger partial charge in [0.2, 0.25) is 0 Å². The Balaban J connectivity index is 1.92. The molecular weight excluding hydrogens is 220 g/mol. The van der Waals surface area contributed by atoms with E-state index in [1.54, 1.807) is 0 Å². The lowest BCUT2D eigenvalue weighted by molar-refractivity contribution is 0.177. The van der Waals surface area contributed by atoms with Gasteiger partial charge in [0.25, 0.3) is 0 Å². The van der Waals surface area contributed by atoms with Crippen LogP contribution in [0.25, 0.3) is 0 Å². The van der Waals surface area contributed by atoms with Crippen molar-refractivity contribution in [3.05, 3.63) is 29.8 Å². The predicted octanol–water partition coefficient (Wildman–Crippen LogP) is 3.62. The molecule has 2 aliphatic rings. The molecule has 2 nitrogen and oxygen atoms in total. The van der Waals surface area contributed by atoms with E-state index in [1.807, 2.05) is 0 Å². The molecule has 0 N–H and O–H groups in total. The van der Waals surface area contributed by atoms with Gasteiger partial charge in [-0.1, -0.05) is 31.5 Å². The highest BCUT2D eigenvalue weighted by atomic mass is 15.6. The first-order chi connectivity index (χ1) is 8.90. The normalized spacial score (nSPS) is 24.9. The van der Waals surface area contributed by atoms with Crippen molar-refractivity contribution < 1.29 is 0 Å². The quantitative estimate of drug-likeness (QED) is 0.784. The van der Waals surface area contributed by atoms with Crippen molar-refractivity contribution in [3.8, 4) is 0 Å². The third-order valence-corrected chi connectivity index (χ3v) is 4.44. The molecule has 2 heterocycles. The molecule has 98 valence electrons. The summed E-state index contributed by atoms with van der Waals surface area (Å²) in [5.41, 5.74) is 3.00. The van der Waals surface area contributed by atoms with E-state index in [9.17, 15) is 0 Å². The minimum Gasteiger partial charge on any atom is -0.302 e. The minimum absolute atomic E-state index is 0.706. The molecule has 0 radical (unpaired) electrons. The molecule has 1 fully saturated rings.